The van der Waals surface area contributed by atoms with Gasteiger partial charge in [0.2, 0.25) is 5.91 Å². The van der Waals surface area contributed by atoms with Crippen molar-refractivity contribution in [1.29, 1.82) is 0 Å². The molecule has 0 bridgehead atoms. The summed E-state index contributed by atoms with van der Waals surface area (Å²) in [6.45, 7) is 2.85. The first-order valence-electron chi connectivity index (χ1n) is 5.30. The monoisotopic (exact) mass is 181 g/mol. The molecule has 2 heterocycles. The molecule has 0 spiro atoms. The molecule has 0 aliphatic carbocycles. The first-order valence-corrected chi connectivity index (χ1v) is 5.30. The van der Waals surface area contributed by atoms with Gasteiger partial charge in [-0.05, 0) is 25.7 Å². The van der Waals surface area contributed by atoms with E-state index < -0.39 is 0 Å². The highest BCUT2D eigenvalue weighted by Crippen LogP contribution is 2.18. The molecule has 0 N–H and O–H groups in total. The number of piperidine rings is 2. The Hall–Kier alpha value is -0.570. The molecule has 0 aromatic rings. The zero-order chi connectivity index (χ0) is 9.10. The van der Waals surface area contributed by atoms with Crippen molar-refractivity contribution in [2.75, 3.05) is 19.6 Å². The summed E-state index contributed by atoms with van der Waals surface area (Å²) in [6.07, 6.45) is 5.35. The molecule has 1 atom stereocenters. The molecule has 2 fully saturated rings. The predicted molar refractivity (Wildman–Crippen MR) is 50.5 cm³/mol. The molecule has 2 aliphatic rings. The van der Waals surface area contributed by atoms with Gasteiger partial charge in [-0.15, -0.1) is 0 Å². The summed E-state index contributed by atoms with van der Waals surface area (Å²) in [5, 5.41) is 4.37. The van der Waals surface area contributed by atoms with Crippen LogP contribution in [0.3, 0.4) is 0 Å². The van der Waals surface area contributed by atoms with E-state index >= 15 is 0 Å². The summed E-state index contributed by atoms with van der Waals surface area (Å²) < 4.78 is 0. The van der Waals surface area contributed by atoms with Gasteiger partial charge in [-0.25, -0.2) is 5.32 Å². The second kappa shape index (κ2) is 4.09. The first kappa shape index (κ1) is 9.00. The van der Waals surface area contributed by atoms with Crippen LogP contribution in [-0.2, 0) is 4.79 Å². The molecule has 2 aliphatic heterocycles. The highest BCUT2D eigenvalue weighted by molar-refractivity contribution is 5.77. The van der Waals surface area contributed by atoms with Crippen LogP contribution in [0.1, 0.15) is 32.1 Å². The molecule has 0 saturated carbocycles. The van der Waals surface area contributed by atoms with Crippen LogP contribution in [0.4, 0.5) is 0 Å². The Morgan fingerprint density at radius 3 is 2.92 bits per heavy atom. The van der Waals surface area contributed by atoms with E-state index in [2.05, 4.69) is 10.2 Å². The SMILES string of the molecule is O=C1CCCCN1[C@H]1CCC[N]C1. The van der Waals surface area contributed by atoms with Crippen LogP contribution in [0.15, 0.2) is 0 Å². The fraction of sp³-hybridized carbons (Fsp3) is 0.900. The van der Waals surface area contributed by atoms with Crippen LogP contribution in [0.5, 0.6) is 0 Å². The highest BCUT2D eigenvalue weighted by Gasteiger charge is 2.27. The predicted octanol–water partition coefficient (Wildman–Crippen LogP) is 0.766. The van der Waals surface area contributed by atoms with Crippen LogP contribution >= 0.6 is 0 Å². The minimum Gasteiger partial charge on any atom is -0.338 e. The number of nitrogens with zero attached hydrogens (tertiary/aromatic N) is 2. The summed E-state index contributed by atoms with van der Waals surface area (Å²) in [5.74, 6) is 0.355. The average Bonchev–Trinajstić information content (AvgIpc) is 2.20. The van der Waals surface area contributed by atoms with E-state index in [1.54, 1.807) is 0 Å². The van der Waals surface area contributed by atoms with Crippen molar-refractivity contribution in [2.24, 2.45) is 0 Å². The Labute approximate surface area is 79.5 Å². The van der Waals surface area contributed by atoms with Crippen LogP contribution in [0.2, 0.25) is 0 Å². The quantitative estimate of drug-likeness (QED) is 0.588. The molecule has 0 aromatic heterocycles. The van der Waals surface area contributed by atoms with Crippen molar-refractivity contribution in [3.05, 3.63) is 0 Å². The van der Waals surface area contributed by atoms with Gasteiger partial charge in [-0.2, -0.15) is 0 Å². The topological polar surface area (TPSA) is 34.4 Å². The lowest BCUT2D eigenvalue weighted by atomic mass is 10.0. The van der Waals surface area contributed by atoms with Crippen LogP contribution in [0.25, 0.3) is 0 Å². The molecule has 3 nitrogen and oxygen atoms in total. The Morgan fingerprint density at radius 2 is 2.23 bits per heavy atom. The van der Waals surface area contributed by atoms with E-state index in [1.165, 1.54) is 6.42 Å². The molecule has 0 aromatic carbocycles. The standard InChI is InChI=1S/C10H17N2O/c13-10-5-1-2-7-12(10)9-4-3-6-11-8-9/h9H,1-8H2/t9-/m0/s1. The van der Waals surface area contributed by atoms with Crippen LogP contribution in [0, 0.1) is 0 Å². The lowest BCUT2D eigenvalue weighted by Crippen LogP contribution is -2.48. The van der Waals surface area contributed by atoms with E-state index in [0.717, 1.165) is 45.3 Å². The van der Waals surface area contributed by atoms with Crippen LogP contribution < -0.4 is 5.32 Å². The zero-order valence-electron chi connectivity index (χ0n) is 8.04. The maximum atomic E-state index is 11.6. The Morgan fingerprint density at radius 1 is 1.31 bits per heavy atom. The summed E-state index contributed by atoms with van der Waals surface area (Å²) in [5.41, 5.74) is 0. The van der Waals surface area contributed by atoms with Gasteiger partial charge >= 0.3 is 0 Å². The molecule has 2 saturated heterocycles. The van der Waals surface area contributed by atoms with Gasteiger partial charge in [-0.3, -0.25) is 4.79 Å². The van der Waals surface area contributed by atoms with Crippen molar-refractivity contribution in [3.8, 4) is 0 Å². The molecule has 1 radical (unpaired) electrons. The van der Waals surface area contributed by atoms with Crippen molar-refractivity contribution in [2.45, 2.75) is 38.1 Å². The Bertz CT molecular complexity index is 187. The second-order valence-corrected chi connectivity index (χ2v) is 3.97. The summed E-state index contributed by atoms with van der Waals surface area (Å²) in [4.78, 5) is 13.6. The molecular weight excluding hydrogens is 164 g/mol. The summed E-state index contributed by atoms with van der Waals surface area (Å²) in [6, 6.07) is 0.432. The van der Waals surface area contributed by atoms with Gasteiger partial charge < -0.3 is 4.90 Å². The van der Waals surface area contributed by atoms with E-state index in [0.29, 0.717) is 11.9 Å². The number of carbonyl (C=O) groups excluding carboxylic acids is 1. The lowest BCUT2D eigenvalue weighted by molar-refractivity contribution is -0.136. The van der Waals surface area contributed by atoms with E-state index in [1.807, 2.05) is 0 Å². The van der Waals surface area contributed by atoms with Crippen LogP contribution in [-0.4, -0.2) is 36.5 Å². The maximum absolute atomic E-state index is 11.6. The molecular formula is C10H17N2O. The third-order valence-electron chi connectivity index (χ3n) is 2.99. The van der Waals surface area contributed by atoms with Crippen molar-refractivity contribution >= 4 is 5.91 Å². The van der Waals surface area contributed by atoms with Gasteiger partial charge in [0.15, 0.2) is 0 Å². The average molecular weight is 181 g/mol. The molecule has 3 heteroatoms. The second-order valence-electron chi connectivity index (χ2n) is 3.97. The number of rotatable bonds is 1. The third kappa shape index (κ3) is 2.02. The van der Waals surface area contributed by atoms with Crippen molar-refractivity contribution in [1.82, 2.24) is 10.2 Å². The molecule has 13 heavy (non-hydrogen) atoms. The highest BCUT2D eigenvalue weighted by atomic mass is 16.2. The minimum absolute atomic E-state index is 0.355. The molecule has 2 rings (SSSR count). The van der Waals surface area contributed by atoms with Gasteiger partial charge in [0.1, 0.15) is 0 Å². The van der Waals surface area contributed by atoms with Gasteiger partial charge in [0.05, 0.1) is 0 Å². The molecule has 1 amide bonds. The number of hydrogen-bond donors (Lipinski definition) is 0. The Balaban J connectivity index is 1.92. The zero-order valence-corrected chi connectivity index (χ0v) is 8.04. The third-order valence-corrected chi connectivity index (χ3v) is 2.99. The number of carbonyl (C=O) groups is 1. The molecule has 73 valence electrons. The summed E-state index contributed by atoms with van der Waals surface area (Å²) >= 11 is 0. The lowest BCUT2D eigenvalue weighted by Gasteiger charge is -2.36. The summed E-state index contributed by atoms with van der Waals surface area (Å²) in [7, 11) is 0. The van der Waals surface area contributed by atoms with E-state index in [-0.39, 0.29) is 0 Å². The van der Waals surface area contributed by atoms with Gasteiger partial charge in [0.25, 0.3) is 0 Å². The van der Waals surface area contributed by atoms with E-state index in [4.69, 9.17) is 0 Å². The fourth-order valence-electron chi connectivity index (χ4n) is 2.24. The van der Waals surface area contributed by atoms with Crippen molar-refractivity contribution in [3.63, 3.8) is 0 Å². The van der Waals surface area contributed by atoms with Gasteiger partial charge in [0, 0.05) is 32.1 Å². The minimum atomic E-state index is 0.355. The normalized spacial score (nSPS) is 30.6. The number of amides is 1. The fourth-order valence-corrected chi connectivity index (χ4v) is 2.24. The first-order chi connectivity index (χ1) is 6.38. The number of likely N-dealkylation sites (tertiary alicyclic amines) is 1. The largest absolute Gasteiger partial charge is 0.338 e. The van der Waals surface area contributed by atoms with Crippen molar-refractivity contribution < 1.29 is 4.79 Å². The molecule has 0 unspecified atom stereocenters. The Kier molecular flexibility index (Phi) is 2.83. The van der Waals surface area contributed by atoms with E-state index in [9.17, 15) is 4.79 Å². The maximum Gasteiger partial charge on any atom is 0.222 e. The van der Waals surface area contributed by atoms with Gasteiger partial charge in [-0.1, -0.05) is 0 Å². The smallest absolute Gasteiger partial charge is 0.222 e. The number of hydrogen-bond acceptors (Lipinski definition) is 1.